The minimum atomic E-state index is 0.450. The third-order valence-corrected chi connectivity index (χ3v) is 4.98. The van der Waals surface area contributed by atoms with Crippen LogP contribution < -0.4 is 5.32 Å². The Morgan fingerprint density at radius 1 is 1.19 bits per heavy atom. The number of hydrogen-bond donors (Lipinski definition) is 1. The zero-order valence-electron chi connectivity index (χ0n) is 14.2. The van der Waals surface area contributed by atoms with Crippen molar-refractivity contribution in [3.8, 4) is 0 Å². The molecular weight excluding hydrogens is 256 g/mol. The molecule has 2 nitrogen and oxygen atoms in total. The van der Waals surface area contributed by atoms with Crippen LogP contribution in [-0.2, 0) is 0 Å². The fourth-order valence-corrected chi connectivity index (χ4v) is 3.60. The Bertz CT molecular complexity index is 403. The van der Waals surface area contributed by atoms with E-state index in [9.17, 15) is 0 Å². The quantitative estimate of drug-likeness (QED) is 0.848. The predicted molar refractivity (Wildman–Crippen MR) is 91.5 cm³/mol. The van der Waals surface area contributed by atoms with Crippen LogP contribution in [0.15, 0.2) is 30.3 Å². The van der Waals surface area contributed by atoms with Crippen LogP contribution in [-0.4, -0.2) is 30.6 Å². The molecule has 0 saturated carbocycles. The molecule has 4 atom stereocenters. The summed E-state index contributed by atoms with van der Waals surface area (Å²) in [5.74, 6) is 1.62. The summed E-state index contributed by atoms with van der Waals surface area (Å²) < 4.78 is 0. The maximum atomic E-state index is 3.74. The first-order valence-corrected chi connectivity index (χ1v) is 8.64. The van der Waals surface area contributed by atoms with Crippen LogP contribution in [0.3, 0.4) is 0 Å². The topological polar surface area (TPSA) is 15.3 Å². The summed E-state index contributed by atoms with van der Waals surface area (Å²) in [5, 5.41) is 3.74. The van der Waals surface area contributed by atoms with Gasteiger partial charge in [0.1, 0.15) is 0 Å². The fraction of sp³-hybridized carbons (Fsp3) is 0.684. The van der Waals surface area contributed by atoms with Crippen LogP contribution in [0.1, 0.15) is 52.1 Å². The molecule has 0 aromatic heterocycles. The Kier molecular flexibility index (Phi) is 6.25. The van der Waals surface area contributed by atoms with Crippen LogP contribution in [0.25, 0.3) is 0 Å². The van der Waals surface area contributed by atoms with E-state index in [1.165, 1.54) is 24.9 Å². The maximum absolute atomic E-state index is 3.74. The first-order valence-electron chi connectivity index (χ1n) is 8.64. The smallest absolute Gasteiger partial charge is 0.0449 e. The lowest BCUT2D eigenvalue weighted by Crippen LogP contribution is -2.48. The summed E-state index contributed by atoms with van der Waals surface area (Å²) in [6.07, 6.45) is 2.56. The summed E-state index contributed by atoms with van der Waals surface area (Å²) >= 11 is 0. The number of nitrogens with one attached hydrogen (secondary N) is 1. The third kappa shape index (κ3) is 4.55. The monoisotopic (exact) mass is 288 g/mol. The molecule has 0 spiro atoms. The molecule has 1 N–H and O–H groups in total. The van der Waals surface area contributed by atoms with E-state index < -0.39 is 0 Å². The highest BCUT2D eigenvalue weighted by molar-refractivity contribution is 5.19. The van der Waals surface area contributed by atoms with E-state index in [1.807, 2.05) is 0 Å². The van der Waals surface area contributed by atoms with Crippen LogP contribution in [0.2, 0.25) is 0 Å². The Labute approximate surface area is 130 Å². The van der Waals surface area contributed by atoms with Gasteiger partial charge in [0.25, 0.3) is 0 Å². The van der Waals surface area contributed by atoms with Gasteiger partial charge >= 0.3 is 0 Å². The SMILES string of the molecule is CCCNC(CN1CC(C)CC(C)C1C)c1ccccc1. The van der Waals surface area contributed by atoms with Crippen molar-refractivity contribution in [1.29, 1.82) is 0 Å². The van der Waals surface area contributed by atoms with Gasteiger partial charge in [-0.2, -0.15) is 0 Å². The minimum Gasteiger partial charge on any atom is -0.309 e. The predicted octanol–water partition coefficient (Wildman–Crippen LogP) is 4.09. The summed E-state index contributed by atoms with van der Waals surface area (Å²) in [7, 11) is 0. The molecule has 118 valence electrons. The Morgan fingerprint density at radius 3 is 2.57 bits per heavy atom. The van der Waals surface area contributed by atoms with E-state index in [0.29, 0.717) is 12.1 Å². The zero-order valence-corrected chi connectivity index (χ0v) is 14.2. The van der Waals surface area contributed by atoms with Gasteiger partial charge < -0.3 is 5.32 Å². The largest absolute Gasteiger partial charge is 0.309 e. The second-order valence-electron chi connectivity index (χ2n) is 6.93. The molecule has 0 radical (unpaired) electrons. The number of benzene rings is 1. The molecule has 1 aliphatic heterocycles. The molecule has 4 unspecified atom stereocenters. The number of hydrogen-bond acceptors (Lipinski definition) is 2. The van der Waals surface area contributed by atoms with E-state index in [0.717, 1.165) is 24.9 Å². The molecule has 1 saturated heterocycles. The van der Waals surface area contributed by atoms with Gasteiger partial charge in [-0.1, -0.05) is 51.1 Å². The fourth-order valence-electron chi connectivity index (χ4n) is 3.60. The van der Waals surface area contributed by atoms with Crippen LogP contribution in [0.4, 0.5) is 0 Å². The molecule has 1 aromatic rings. The minimum absolute atomic E-state index is 0.450. The van der Waals surface area contributed by atoms with Gasteiger partial charge in [-0.25, -0.2) is 0 Å². The molecule has 0 amide bonds. The molecule has 1 aromatic carbocycles. The van der Waals surface area contributed by atoms with Crippen molar-refractivity contribution in [2.24, 2.45) is 11.8 Å². The maximum Gasteiger partial charge on any atom is 0.0449 e. The van der Waals surface area contributed by atoms with Crippen molar-refractivity contribution in [2.75, 3.05) is 19.6 Å². The van der Waals surface area contributed by atoms with Crippen molar-refractivity contribution < 1.29 is 0 Å². The van der Waals surface area contributed by atoms with Crippen LogP contribution in [0, 0.1) is 11.8 Å². The van der Waals surface area contributed by atoms with Gasteiger partial charge in [0.15, 0.2) is 0 Å². The van der Waals surface area contributed by atoms with Gasteiger partial charge in [-0.3, -0.25) is 4.90 Å². The summed E-state index contributed by atoms with van der Waals surface area (Å²) in [5.41, 5.74) is 1.42. The second-order valence-corrected chi connectivity index (χ2v) is 6.93. The van der Waals surface area contributed by atoms with Crippen molar-refractivity contribution in [1.82, 2.24) is 10.2 Å². The number of nitrogens with zero attached hydrogens (tertiary/aromatic N) is 1. The number of piperidine rings is 1. The van der Waals surface area contributed by atoms with E-state index in [4.69, 9.17) is 0 Å². The number of likely N-dealkylation sites (tertiary alicyclic amines) is 1. The van der Waals surface area contributed by atoms with Gasteiger partial charge in [0.2, 0.25) is 0 Å². The molecule has 2 heteroatoms. The lowest BCUT2D eigenvalue weighted by molar-refractivity contribution is 0.0702. The molecule has 1 heterocycles. The average Bonchev–Trinajstić information content (AvgIpc) is 2.49. The average molecular weight is 288 g/mol. The molecule has 1 aliphatic rings. The van der Waals surface area contributed by atoms with Crippen molar-refractivity contribution in [3.05, 3.63) is 35.9 Å². The normalized spacial score (nSPS) is 28.5. The highest BCUT2D eigenvalue weighted by Crippen LogP contribution is 2.28. The van der Waals surface area contributed by atoms with Crippen molar-refractivity contribution >= 4 is 0 Å². The standard InChI is InChI=1S/C19H32N2/c1-5-11-20-19(18-9-7-6-8-10-18)14-21-13-15(2)12-16(3)17(21)4/h6-10,15-17,19-20H,5,11-14H2,1-4H3. The lowest BCUT2D eigenvalue weighted by atomic mass is 9.85. The Balaban J connectivity index is 2.07. The summed E-state index contributed by atoms with van der Waals surface area (Å²) in [4.78, 5) is 2.69. The van der Waals surface area contributed by atoms with Crippen LogP contribution >= 0.6 is 0 Å². The summed E-state index contributed by atoms with van der Waals surface area (Å²) in [6.45, 7) is 12.9. The molecular formula is C19H32N2. The zero-order chi connectivity index (χ0) is 15.2. The Hall–Kier alpha value is -0.860. The first kappa shape index (κ1) is 16.5. The van der Waals surface area contributed by atoms with E-state index >= 15 is 0 Å². The molecule has 2 rings (SSSR count). The van der Waals surface area contributed by atoms with Gasteiger partial charge in [0.05, 0.1) is 0 Å². The van der Waals surface area contributed by atoms with Crippen LogP contribution in [0.5, 0.6) is 0 Å². The van der Waals surface area contributed by atoms with Crippen molar-refractivity contribution in [2.45, 2.75) is 52.6 Å². The van der Waals surface area contributed by atoms with Gasteiger partial charge in [-0.15, -0.1) is 0 Å². The van der Waals surface area contributed by atoms with E-state index in [-0.39, 0.29) is 0 Å². The highest BCUT2D eigenvalue weighted by atomic mass is 15.2. The summed E-state index contributed by atoms with van der Waals surface area (Å²) in [6, 6.07) is 12.1. The third-order valence-electron chi connectivity index (χ3n) is 4.98. The first-order chi connectivity index (χ1) is 10.1. The molecule has 1 fully saturated rings. The molecule has 21 heavy (non-hydrogen) atoms. The molecule has 0 bridgehead atoms. The Morgan fingerprint density at radius 2 is 1.90 bits per heavy atom. The van der Waals surface area contributed by atoms with Gasteiger partial charge in [-0.05, 0) is 43.7 Å². The van der Waals surface area contributed by atoms with Crippen molar-refractivity contribution in [3.63, 3.8) is 0 Å². The van der Waals surface area contributed by atoms with E-state index in [2.05, 4.69) is 68.2 Å². The van der Waals surface area contributed by atoms with Gasteiger partial charge in [0, 0.05) is 25.2 Å². The lowest BCUT2D eigenvalue weighted by Gasteiger charge is -2.42. The van der Waals surface area contributed by atoms with E-state index in [1.54, 1.807) is 0 Å². The number of rotatable bonds is 6. The second kappa shape index (κ2) is 7.95. The highest BCUT2D eigenvalue weighted by Gasteiger charge is 2.30. The molecule has 0 aliphatic carbocycles.